The summed E-state index contributed by atoms with van der Waals surface area (Å²) in [6.07, 6.45) is -3.25. The van der Waals surface area contributed by atoms with E-state index in [1.165, 1.54) is 6.20 Å². The third kappa shape index (κ3) is 3.36. The van der Waals surface area contributed by atoms with Crippen LogP contribution in [0.2, 0.25) is 0 Å². The molecule has 0 bridgehead atoms. The number of rotatable bonds is 4. The standard InChI is InChI=1S/C15H12F3N3O2/c16-15(17,18)13-5-7-21(20-13)8-6-19-14(22)12-9-10-3-1-2-4-11(10)23-12/h1-5,7,9H,6,8H2,(H,19,22). The van der Waals surface area contributed by atoms with Gasteiger partial charge in [0, 0.05) is 18.1 Å². The van der Waals surface area contributed by atoms with Crippen LogP contribution in [0.15, 0.2) is 47.0 Å². The maximum atomic E-state index is 12.4. The van der Waals surface area contributed by atoms with Crippen molar-refractivity contribution in [1.29, 1.82) is 0 Å². The van der Waals surface area contributed by atoms with Crippen LogP contribution in [0.3, 0.4) is 0 Å². The summed E-state index contributed by atoms with van der Waals surface area (Å²) in [7, 11) is 0. The number of amides is 1. The quantitative estimate of drug-likeness (QED) is 0.803. The number of fused-ring (bicyclic) bond motifs is 1. The van der Waals surface area contributed by atoms with Crippen molar-refractivity contribution < 1.29 is 22.4 Å². The molecule has 0 unspecified atom stereocenters. The van der Waals surface area contributed by atoms with Crippen LogP contribution in [0.25, 0.3) is 11.0 Å². The smallest absolute Gasteiger partial charge is 0.435 e. The first-order valence-corrected chi connectivity index (χ1v) is 6.81. The van der Waals surface area contributed by atoms with Crippen molar-refractivity contribution in [2.45, 2.75) is 12.7 Å². The van der Waals surface area contributed by atoms with Crippen LogP contribution in [-0.2, 0) is 12.7 Å². The Labute approximate surface area is 128 Å². The van der Waals surface area contributed by atoms with Crippen molar-refractivity contribution in [1.82, 2.24) is 15.1 Å². The summed E-state index contributed by atoms with van der Waals surface area (Å²) in [6, 6.07) is 9.69. The number of furan rings is 1. The second-order valence-electron chi connectivity index (χ2n) is 4.87. The molecule has 5 nitrogen and oxygen atoms in total. The van der Waals surface area contributed by atoms with Gasteiger partial charge in [0.15, 0.2) is 11.5 Å². The highest BCUT2D eigenvalue weighted by Gasteiger charge is 2.33. The van der Waals surface area contributed by atoms with Crippen LogP contribution < -0.4 is 5.32 Å². The molecule has 1 amide bonds. The van der Waals surface area contributed by atoms with Crippen molar-refractivity contribution in [2.75, 3.05) is 6.54 Å². The summed E-state index contributed by atoms with van der Waals surface area (Å²) in [5.74, 6) is -0.271. The van der Waals surface area contributed by atoms with Crippen LogP contribution in [0, 0.1) is 0 Å². The summed E-state index contributed by atoms with van der Waals surface area (Å²) in [4.78, 5) is 12.0. The van der Waals surface area contributed by atoms with E-state index in [-0.39, 0.29) is 18.8 Å². The lowest BCUT2D eigenvalue weighted by atomic mass is 10.2. The molecule has 23 heavy (non-hydrogen) atoms. The number of alkyl halides is 3. The predicted octanol–water partition coefficient (Wildman–Crippen LogP) is 3.08. The number of hydrogen-bond donors (Lipinski definition) is 1. The molecule has 0 fully saturated rings. The molecular weight excluding hydrogens is 311 g/mol. The lowest BCUT2D eigenvalue weighted by molar-refractivity contribution is -0.141. The molecule has 1 N–H and O–H groups in total. The predicted molar refractivity (Wildman–Crippen MR) is 75.8 cm³/mol. The molecular formula is C15H12F3N3O2. The van der Waals surface area contributed by atoms with Gasteiger partial charge in [-0.1, -0.05) is 18.2 Å². The molecule has 3 rings (SSSR count). The average molecular weight is 323 g/mol. The van der Waals surface area contributed by atoms with Crippen molar-refractivity contribution >= 4 is 16.9 Å². The van der Waals surface area contributed by atoms with Gasteiger partial charge in [0.1, 0.15) is 5.58 Å². The topological polar surface area (TPSA) is 60.1 Å². The Bertz CT molecular complexity index is 803. The molecule has 0 aliphatic heterocycles. The van der Waals surface area contributed by atoms with Crippen LogP contribution >= 0.6 is 0 Å². The van der Waals surface area contributed by atoms with Gasteiger partial charge in [0.05, 0.1) is 6.54 Å². The Kier molecular flexibility index (Phi) is 3.81. The number of nitrogens with zero attached hydrogens (tertiary/aromatic N) is 2. The Balaban J connectivity index is 1.58. The first-order valence-electron chi connectivity index (χ1n) is 6.81. The monoisotopic (exact) mass is 323 g/mol. The fourth-order valence-electron chi connectivity index (χ4n) is 2.10. The van der Waals surface area contributed by atoms with Crippen molar-refractivity contribution in [3.8, 4) is 0 Å². The maximum Gasteiger partial charge on any atom is 0.435 e. The number of halogens is 3. The maximum absolute atomic E-state index is 12.4. The fourth-order valence-corrected chi connectivity index (χ4v) is 2.10. The van der Waals surface area contributed by atoms with E-state index in [0.29, 0.717) is 5.58 Å². The SMILES string of the molecule is O=C(NCCn1ccc(C(F)(F)F)n1)c1cc2ccccc2o1. The zero-order chi connectivity index (χ0) is 16.4. The van der Waals surface area contributed by atoms with E-state index < -0.39 is 17.8 Å². The number of carbonyl (C=O) groups is 1. The summed E-state index contributed by atoms with van der Waals surface area (Å²) in [6.45, 7) is 0.261. The van der Waals surface area contributed by atoms with E-state index in [2.05, 4.69) is 10.4 Å². The summed E-state index contributed by atoms with van der Waals surface area (Å²) >= 11 is 0. The number of nitrogens with one attached hydrogen (secondary N) is 1. The van der Waals surface area contributed by atoms with E-state index in [1.807, 2.05) is 12.1 Å². The molecule has 8 heteroatoms. The molecule has 1 aromatic carbocycles. The van der Waals surface area contributed by atoms with E-state index in [0.717, 1.165) is 16.1 Å². The Morgan fingerprint density at radius 1 is 1.26 bits per heavy atom. The van der Waals surface area contributed by atoms with Gasteiger partial charge in [0.2, 0.25) is 0 Å². The van der Waals surface area contributed by atoms with Gasteiger partial charge in [-0.3, -0.25) is 9.48 Å². The Hall–Kier alpha value is -2.77. The molecule has 120 valence electrons. The summed E-state index contributed by atoms with van der Waals surface area (Å²) in [5.41, 5.74) is -0.361. The Morgan fingerprint density at radius 2 is 2.04 bits per heavy atom. The molecule has 0 aliphatic carbocycles. The molecule has 2 aromatic heterocycles. The Morgan fingerprint density at radius 3 is 2.74 bits per heavy atom. The average Bonchev–Trinajstić information content (AvgIpc) is 3.13. The van der Waals surface area contributed by atoms with Gasteiger partial charge < -0.3 is 9.73 Å². The van der Waals surface area contributed by atoms with Gasteiger partial charge >= 0.3 is 6.18 Å². The van der Waals surface area contributed by atoms with Gasteiger partial charge in [-0.05, 0) is 18.2 Å². The molecule has 0 saturated heterocycles. The third-order valence-corrected chi connectivity index (χ3v) is 3.21. The minimum atomic E-state index is -4.47. The fraction of sp³-hybridized carbons (Fsp3) is 0.200. The number of benzene rings is 1. The number of para-hydroxylation sites is 1. The molecule has 3 aromatic rings. The number of carbonyl (C=O) groups excluding carboxylic acids is 1. The molecule has 0 spiro atoms. The lowest BCUT2D eigenvalue weighted by Gasteiger charge is -2.04. The van der Waals surface area contributed by atoms with Crippen molar-refractivity contribution in [2.24, 2.45) is 0 Å². The summed E-state index contributed by atoms with van der Waals surface area (Å²) < 4.78 is 43.8. The largest absolute Gasteiger partial charge is 0.451 e. The summed E-state index contributed by atoms with van der Waals surface area (Å²) in [5, 5.41) is 6.79. The van der Waals surface area contributed by atoms with E-state index in [1.54, 1.807) is 18.2 Å². The normalized spacial score (nSPS) is 11.8. The van der Waals surface area contributed by atoms with Crippen LogP contribution in [0.1, 0.15) is 16.2 Å². The second kappa shape index (κ2) is 5.79. The van der Waals surface area contributed by atoms with Crippen LogP contribution in [0.5, 0.6) is 0 Å². The third-order valence-electron chi connectivity index (χ3n) is 3.21. The van der Waals surface area contributed by atoms with Gasteiger partial charge in [-0.15, -0.1) is 0 Å². The molecule has 0 radical (unpaired) electrons. The van der Waals surface area contributed by atoms with Crippen LogP contribution in [0.4, 0.5) is 13.2 Å². The highest BCUT2D eigenvalue weighted by molar-refractivity contribution is 5.95. The number of hydrogen-bond acceptors (Lipinski definition) is 3. The van der Waals surface area contributed by atoms with Crippen LogP contribution in [-0.4, -0.2) is 22.2 Å². The van der Waals surface area contributed by atoms with Crippen molar-refractivity contribution in [3.05, 3.63) is 54.0 Å². The molecule has 0 saturated carbocycles. The zero-order valence-electron chi connectivity index (χ0n) is 11.8. The zero-order valence-corrected chi connectivity index (χ0v) is 11.8. The molecule has 0 aliphatic rings. The van der Waals surface area contributed by atoms with E-state index >= 15 is 0 Å². The number of aromatic nitrogens is 2. The first-order chi connectivity index (χ1) is 10.9. The van der Waals surface area contributed by atoms with E-state index in [9.17, 15) is 18.0 Å². The molecule has 0 atom stereocenters. The van der Waals surface area contributed by atoms with Crippen molar-refractivity contribution in [3.63, 3.8) is 0 Å². The molecule has 2 heterocycles. The minimum absolute atomic E-state index is 0.127. The highest BCUT2D eigenvalue weighted by atomic mass is 19.4. The lowest BCUT2D eigenvalue weighted by Crippen LogP contribution is -2.27. The first kappa shape index (κ1) is 15.1. The minimum Gasteiger partial charge on any atom is -0.451 e. The van der Waals surface area contributed by atoms with Gasteiger partial charge in [-0.2, -0.15) is 18.3 Å². The highest BCUT2D eigenvalue weighted by Crippen LogP contribution is 2.27. The van der Waals surface area contributed by atoms with Gasteiger partial charge in [-0.25, -0.2) is 0 Å². The second-order valence-corrected chi connectivity index (χ2v) is 4.87. The van der Waals surface area contributed by atoms with E-state index in [4.69, 9.17) is 4.42 Å². The van der Waals surface area contributed by atoms with Gasteiger partial charge in [0.25, 0.3) is 5.91 Å².